The van der Waals surface area contributed by atoms with Gasteiger partial charge in [0.25, 0.3) is 0 Å². The Morgan fingerprint density at radius 3 is 3.00 bits per heavy atom. The zero-order valence-corrected chi connectivity index (χ0v) is 9.93. The van der Waals surface area contributed by atoms with Crippen molar-refractivity contribution in [3.63, 3.8) is 0 Å². The van der Waals surface area contributed by atoms with Crippen molar-refractivity contribution in [2.75, 3.05) is 6.54 Å². The number of rotatable bonds is 5. The first kappa shape index (κ1) is 12.5. The van der Waals surface area contributed by atoms with E-state index in [2.05, 4.69) is 20.0 Å². The number of hydrogen-bond donors (Lipinski definition) is 2. The van der Waals surface area contributed by atoms with Crippen LogP contribution in [0.1, 0.15) is 24.4 Å². The van der Waals surface area contributed by atoms with Crippen LogP contribution in [-0.2, 0) is 6.42 Å². The van der Waals surface area contributed by atoms with Gasteiger partial charge in [0.1, 0.15) is 11.6 Å². The predicted molar refractivity (Wildman–Crippen MR) is 62.5 cm³/mol. The number of nitrogens with zero attached hydrogens (tertiary/aromatic N) is 2. The molecule has 1 atom stereocenters. The molecule has 96 valence electrons. The molecule has 5 nitrogen and oxygen atoms in total. The van der Waals surface area contributed by atoms with E-state index in [4.69, 9.17) is 5.11 Å². The minimum atomic E-state index is -0.422. The highest BCUT2D eigenvalue weighted by Crippen LogP contribution is 2.20. The SMILES string of the molecule is CC(NCCc1ncon1)c1ccc(O)cc1F. The van der Waals surface area contributed by atoms with Crippen LogP contribution < -0.4 is 5.32 Å². The lowest BCUT2D eigenvalue weighted by Gasteiger charge is -2.14. The van der Waals surface area contributed by atoms with Crippen LogP contribution in [-0.4, -0.2) is 21.8 Å². The minimum absolute atomic E-state index is 0.0738. The van der Waals surface area contributed by atoms with E-state index in [1.807, 2.05) is 6.92 Å². The Labute approximate surface area is 104 Å². The third-order valence-corrected chi connectivity index (χ3v) is 2.66. The highest BCUT2D eigenvalue weighted by atomic mass is 19.1. The van der Waals surface area contributed by atoms with Crippen LogP contribution in [0.25, 0.3) is 0 Å². The summed E-state index contributed by atoms with van der Waals surface area (Å²) in [4.78, 5) is 3.89. The fraction of sp³-hybridized carbons (Fsp3) is 0.333. The number of hydrogen-bond acceptors (Lipinski definition) is 5. The molecular formula is C12H14FN3O2. The molecule has 1 aromatic heterocycles. The maximum atomic E-state index is 13.6. The maximum absolute atomic E-state index is 13.6. The molecule has 0 aliphatic carbocycles. The first-order valence-corrected chi connectivity index (χ1v) is 5.64. The molecule has 1 aromatic carbocycles. The van der Waals surface area contributed by atoms with Gasteiger partial charge < -0.3 is 14.9 Å². The van der Waals surface area contributed by atoms with Crippen LogP contribution >= 0.6 is 0 Å². The molecule has 0 saturated heterocycles. The summed E-state index contributed by atoms with van der Waals surface area (Å²) in [5.74, 6) is 0.116. The molecule has 0 aliphatic heterocycles. The van der Waals surface area contributed by atoms with Gasteiger partial charge in [-0.1, -0.05) is 11.2 Å². The van der Waals surface area contributed by atoms with Crippen molar-refractivity contribution in [3.05, 3.63) is 41.8 Å². The summed E-state index contributed by atoms with van der Waals surface area (Å²) in [6, 6.07) is 3.98. The van der Waals surface area contributed by atoms with Crippen molar-refractivity contribution in [3.8, 4) is 5.75 Å². The topological polar surface area (TPSA) is 71.2 Å². The van der Waals surface area contributed by atoms with Gasteiger partial charge >= 0.3 is 0 Å². The molecule has 0 amide bonds. The second-order valence-electron chi connectivity index (χ2n) is 3.98. The Balaban J connectivity index is 1.89. The zero-order valence-electron chi connectivity index (χ0n) is 9.93. The van der Waals surface area contributed by atoms with Crippen molar-refractivity contribution >= 4 is 0 Å². The summed E-state index contributed by atoms with van der Waals surface area (Å²) >= 11 is 0. The van der Waals surface area contributed by atoms with Gasteiger partial charge in [-0.2, -0.15) is 4.98 Å². The highest BCUT2D eigenvalue weighted by Gasteiger charge is 2.11. The fourth-order valence-corrected chi connectivity index (χ4v) is 1.68. The van der Waals surface area contributed by atoms with Crippen LogP contribution in [0, 0.1) is 5.82 Å². The Bertz CT molecular complexity index is 502. The van der Waals surface area contributed by atoms with E-state index >= 15 is 0 Å². The molecule has 6 heteroatoms. The summed E-state index contributed by atoms with van der Waals surface area (Å²) < 4.78 is 18.2. The van der Waals surface area contributed by atoms with E-state index in [0.717, 1.165) is 6.07 Å². The molecule has 0 fully saturated rings. The number of nitrogens with one attached hydrogen (secondary N) is 1. The van der Waals surface area contributed by atoms with Crippen LogP contribution in [0.2, 0.25) is 0 Å². The molecule has 2 aromatic rings. The summed E-state index contributed by atoms with van der Waals surface area (Å²) in [6.07, 6.45) is 1.89. The lowest BCUT2D eigenvalue weighted by molar-refractivity contribution is 0.408. The van der Waals surface area contributed by atoms with Gasteiger partial charge in [0.15, 0.2) is 5.82 Å². The van der Waals surface area contributed by atoms with Crippen LogP contribution in [0.3, 0.4) is 0 Å². The van der Waals surface area contributed by atoms with Crippen molar-refractivity contribution in [1.29, 1.82) is 0 Å². The van der Waals surface area contributed by atoms with Gasteiger partial charge in [-0.3, -0.25) is 0 Å². The molecule has 0 radical (unpaired) electrons. The molecule has 0 bridgehead atoms. The molecule has 0 aliphatic rings. The van der Waals surface area contributed by atoms with Crippen molar-refractivity contribution in [2.24, 2.45) is 0 Å². The van der Waals surface area contributed by atoms with E-state index in [1.54, 1.807) is 6.07 Å². The Morgan fingerprint density at radius 1 is 1.50 bits per heavy atom. The van der Waals surface area contributed by atoms with Gasteiger partial charge in [0.2, 0.25) is 6.39 Å². The number of aromatic nitrogens is 2. The normalized spacial score (nSPS) is 12.6. The highest BCUT2D eigenvalue weighted by molar-refractivity contribution is 5.29. The quantitative estimate of drug-likeness (QED) is 0.848. The van der Waals surface area contributed by atoms with Crippen LogP contribution in [0.15, 0.2) is 29.1 Å². The minimum Gasteiger partial charge on any atom is -0.508 e. The molecular weight excluding hydrogens is 237 g/mol. The van der Waals surface area contributed by atoms with Gasteiger partial charge in [0.05, 0.1) is 0 Å². The molecule has 1 unspecified atom stereocenters. The van der Waals surface area contributed by atoms with Crippen molar-refractivity contribution < 1.29 is 14.0 Å². The number of phenols is 1. The summed E-state index contributed by atoms with van der Waals surface area (Å²) in [7, 11) is 0. The first-order valence-electron chi connectivity index (χ1n) is 5.64. The van der Waals surface area contributed by atoms with Gasteiger partial charge in [0, 0.05) is 30.6 Å². The average Bonchev–Trinajstić information content (AvgIpc) is 2.81. The summed E-state index contributed by atoms with van der Waals surface area (Å²) in [6.45, 7) is 2.46. The number of aromatic hydroxyl groups is 1. The van der Waals surface area contributed by atoms with Gasteiger partial charge in [-0.25, -0.2) is 4.39 Å². The summed E-state index contributed by atoms with van der Waals surface area (Å²) in [5, 5.41) is 16.0. The second-order valence-corrected chi connectivity index (χ2v) is 3.98. The number of halogens is 1. The summed E-state index contributed by atoms with van der Waals surface area (Å²) in [5.41, 5.74) is 0.515. The fourth-order valence-electron chi connectivity index (χ4n) is 1.68. The molecule has 0 spiro atoms. The molecule has 1 heterocycles. The predicted octanol–water partition coefficient (Wildman–Crippen LogP) is 1.81. The number of benzene rings is 1. The van der Waals surface area contributed by atoms with E-state index in [0.29, 0.717) is 24.4 Å². The standard InChI is InChI=1S/C12H14FN3O2/c1-8(10-3-2-9(17)6-11(10)13)14-5-4-12-15-7-18-16-12/h2-3,6-8,14,17H,4-5H2,1H3. The molecule has 0 saturated carbocycles. The maximum Gasteiger partial charge on any atom is 0.213 e. The number of phenolic OH excluding ortho intramolecular Hbond substituents is 1. The Hall–Kier alpha value is -1.95. The van der Waals surface area contributed by atoms with Crippen molar-refractivity contribution in [1.82, 2.24) is 15.5 Å². The Morgan fingerprint density at radius 2 is 2.33 bits per heavy atom. The van der Waals surface area contributed by atoms with Crippen LogP contribution in [0.4, 0.5) is 4.39 Å². The Kier molecular flexibility index (Phi) is 3.88. The third kappa shape index (κ3) is 3.04. The van der Waals surface area contributed by atoms with Gasteiger partial charge in [-0.15, -0.1) is 0 Å². The van der Waals surface area contributed by atoms with Crippen molar-refractivity contribution in [2.45, 2.75) is 19.4 Å². The zero-order chi connectivity index (χ0) is 13.0. The molecule has 2 N–H and O–H groups in total. The van der Waals surface area contributed by atoms with Gasteiger partial charge in [-0.05, 0) is 13.0 Å². The lowest BCUT2D eigenvalue weighted by atomic mass is 10.1. The first-order chi connectivity index (χ1) is 8.66. The molecule has 2 rings (SSSR count). The monoisotopic (exact) mass is 251 g/mol. The molecule has 18 heavy (non-hydrogen) atoms. The van der Waals surface area contributed by atoms with E-state index in [9.17, 15) is 4.39 Å². The van der Waals surface area contributed by atoms with Crippen LogP contribution in [0.5, 0.6) is 5.75 Å². The lowest BCUT2D eigenvalue weighted by Crippen LogP contribution is -2.22. The van der Waals surface area contributed by atoms with E-state index in [-0.39, 0.29) is 11.8 Å². The average molecular weight is 251 g/mol. The smallest absolute Gasteiger partial charge is 0.213 e. The second kappa shape index (κ2) is 5.59. The third-order valence-electron chi connectivity index (χ3n) is 2.66. The largest absolute Gasteiger partial charge is 0.508 e. The van der Waals surface area contributed by atoms with E-state index in [1.165, 1.54) is 12.5 Å². The van der Waals surface area contributed by atoms with E-state index < -0.39 is 5.82 Å².